The van der Waals surface area contributed by atoms with Crippen molar-refractivity contribution in [2.24, 2.45) is 5.14 Å². The van der Waals surface area contributed by atoms with Crippen LogP contribution in [0, 0.1) is 0 Å². The minimum absolute atomic E-state index is 0.0157. The summed E-state index contributed by atoms with van der Waals surface area (Å²) in [5, 5.41) is 7.48. The average molecular weight is 430 g/mol. The topological polar surface area (TPSA) is 98.5 Å². The molecule has 6 nitrogen and oxygen atoms in total. The van der Waals surface area contributed by atoms with E-state index in [-0.39, 0.29) is 29.2 Å². The van der Waals surface area contributed by atoms with Gasteiger partial charge in [0, 0.05) is 6.42 Å². The minimum atomic E-state index is -4.55. The highest BCUT2D eigenvalue weighted by atomic mass is 32.2. The Morgan fingerprint density at radius 2 is 1.79 bits per heavy atom. The van der Waals surface area contributed by atoms with Crippen LogP contribution in [0.25, 0.3) is 0 Å². The molecule has 0 atom stereocenters. The smallest absolute Gasteiger partial charge is 0.416 e. The third-order valence-electron chi connectivity index (χ3n) is 3.94. The van der Waals surface area contributed by atoms with Crippen molar-refractivity contribution in [3.63, 3.8) is 0 Å². The van der Waals surface area contributed by atoms with Crippen LogP contribution in [0.3, 0.4) is 0 Å². The average Bonchev–Trinajstić information content (AvgIpc) is 2.64. The molecule has 10 heteroatoms. The second kappa shape index (κ2) is 9.27. The summed E-state index contributed by atoms with van der Waals surface area (Å²) in [6.45, 7) is 2.15. The molecule has 0 aromatic heterocycles. The van der Waals surface area contributed by atoms with Crippen LogP contribution in [0.4, 0.5) is 18.9 Å². The number of sulfonamides is 1. The van der Waals surface area contributed by atoms with Gasteiger partial charge in [-0.15, -0.1) is 0 Å². The predicted octanol–water partition coefficient (Wildman–Crippen LogP) is 3.71. The highest BCUT2D eigenvalue weighted by Gasteiger charge is 2.31. The zero-order valence-corrected chi connectivity index (χ0v) is 16.4. The van der Waals surface area contributed by atoms with Gasteiger partial charge in [-0.3, -0.25) is 4.79 Å². The van der Waals surface area contributed by atoms with E-state index in [9.17, 15) is 26.4 Å². The van der Waals surface area contributed by atoms with Crippen LogP contribution >= 0.6 is 0 Å². The number of ether oxygens (including phenoxy) is 1. The van der Waals surface area contributed by atoms with Crippen LogP contribution in [0.1, 0.15) is 30.9 Å². The molecule has 0 fully saturated rings. The van der Waals surface area contributed by atoms with Gasteiger partial charge in [-0.1, -0.05) is 19.1 Å². The highest BCUT2D eigenvalue weighted by molar-refractivity contribution is 7.89. The molecule has 3 N–H and O–H groups in total. The number of rotatable bonds is 8. The summed E-state index contributed by atoms with van der Waals surface area (Å²) in [5.41, 5.74) is -0.267. The lowest BCUT2D eigenvalue weighted by Gasteiger charge is -2.15. The van der Waals surface area contributed by atoms with Crippen LogP contribution in [-0.2, 0) is 27.4 Å². The summed E-state index contributed by atoms with van der Waals surface area (Å²) < 4.78 is 66.8. The van der Waals surface area contributed by atoms with Gasteiger partial charge in [-0.2, -0.15) is 13.2 Å². The molecule has 2 aromatic carbocycles. The van der Waals surface area contributed by atoms with E-state index in [1.54, 1.807) is 0 Å². The van der Waals surface area contributed by atoms with Crippen molar-refractivity contribution in [1.29, 1.82) is 0 Å². The van der Waals surface area contributed by atoms with Crippen LogP contribution in [-0.4, -0.2) is 20.9 Å². The molecular formula is C19H21F3N2O4S. The molecular weight excluding hydrogens is 409 g/mol. The Kier molecular flexibility index (Phi) is 7.26. The first kappa shape index (κ1) is 22.7. The number of hydrogen-bond acceptors (Lipinski definition) is 4. The Balaban J connectivity index is 2.08. The lowest BCUT2D eigenvalue weighted by molar-refractivity contribution is -0.137. The largest absolute Gasteiger partial charge is 0.491 e. The van der Waals surface area contributed by atoms with Crippen molar-refractivity contribution in [2.75, 3.05) is 11.9 Å². The van der Waals surface area contributed by atoms with Crippen LogP contribution in [0.15, 0.2) is 47.4 Å². The first-order valence-corrected chi connectivity index (χ1v) is 10.3. The summed E-state index contributed by atoms with van der Waals surface area (Å²) >= 11 is 0. The molecule has 0 heterocycles. The Morgan fingerprint density at radius 3 is 2.34 bits per heavy atom. The van der Waals surface area contributed by atoms with Gasteiger partial charge in [0.25, 0.3) is 0 Å². The molecule has 2 aromatic rings. The van der Waals surface area contributed by atoms with Crippen molar-refractivity contribution >= 4 is 21.6 Å². The number of anilines is 1. The number of carbonyl (C=O) groups excluding carboxylic acids is 1. The minimum Gasteiger partial charge on any atom is -0.491 e. The number of benzene rings is 2. The third kappa shape index (κ3) is 6.75. The van der Waals surface area contributed by atoms with E-state index in [4.69, 9.17) is 9.88 Å². The molecule has 0 radical (unpaired) electrons. The van der Waals surface area contributed by atoms with Crippen molar-refractivity contribution in [3.05, 3.63) is 53.6 Å². The van der Waals surface area contributed by atoms with Gasteiger partial charge >= 0.3 is 6.18 Å². The van der Waals surface area contributed by atoms with Crippen molar-refractivity contribution < 1.29 is 31.1 Å². The summed E-state index contributed by atoms with van der Waals surface area (Å²) in [5.74, 6) is -0.341. The Labute approximate surface area is 166 Å². The van der Waals surface area contributed by atoms with Crippen LogP contribution in [0.5, 0.6) is 5.75 Å². The van der Waals surface area contributed by atoms with Crippen LogP contribution in [0.2, 0.25) is 0 Å². The second-order valence-electron chi connectivity index (χ2n) is 6.29. The quantitative estimate of drug-likeness (QED) is 0.667. The number of alkyl halides is 3. The molecule has 0 aliphatic rings. The molecule has 0 unspecified atom stereocenters. The monoisotopic (exact) mass is 430 g/mol. The summed E-state index contributed by atoms with van der Waals surface area (Å²) in [7, 11) is -3.81. The van der Waals surface area contributed by atoms with Crippen molar-refractivity contribution in [1.82, 2.24) is 0 Å². The van der Waals surface area contributed by atoms with E-state index in [0.717, 1.165) is 12.1 Å². The summed E-state index contributed by atoms with van der Waals surface area (Å²) in [4.78, 5) is 12.2. The Morgan fingerprint density at radius 1 is 1.14 bits per heavy atom. The standard InChI is InChI=1S/C19H21F3N2O4S/c1-2-11-28-17-9-6-14(19(20,21)22)12-16(17)24-18(25)10-5-13-3-7-15(8-4-13)29(23,26)27/h3-4,6-9,12H,2,5,10-11H2,1H3,(H,24,25)(H2,23,26,27). The Bertz CT molecular complexity index is 958. The zero-order chi connectivity index (χ0) is 21.7. The number of amides is 1. The Hall–Kier alpha value is -2.59. The maximum absolute atomic E-state index is 13.0. The number of nitrogens with one attached hydrogen (secondary N) is 1. The molecule has 29 heavy (non-hydrogen) atoms. The van der Waals surface area contributed by atoms with Gasteiger partial charge in [0.05, 0.1) is 22.8 Å². The number of carbonyl (C=O) groups is 1. The van der Waals surface area contributed by atoms with E-state index in [1.807, 2.05) is 6.92 Å². The highest BCUT2D eigenvalue weighted by Crippen LogP contribution is 2.35. The van der Waals surface area contributed by atoms with E-state index < -0.39 is 27.7 Å². The summed E-state index contributed by atoms with van der Waals surface area (Å²) in [6, 6.07) is 8.61. The number of aryl methyl sites for hydroxylation is 1. The van der Waals surface area contributed by atoms with E-state index in [0.29, 0.717) is 18.6 Å². The van der Waals surface area contributed by atoms with Gasteiger partial charge in [0.15, 0.2) is 0 Å². The predicted molar refractivity (Wildman–Crippen MR) is 102 cm³/mol. The molecule has 0 saturated heterocycles. The van der Waals surface area contributed by atoms with Crippen LogP contribution < -0.4 is 15.2 Å². The lowest BCUT2D eigenvalue weighted by Crippen LogP contribution is -2.15. The SMILES string of the molecule is CCCOc1ccc(C(F)(F)F)cc1NC(=O)CCc1ccc(S(N)(=O)=O)cc1. The molecule has 0 spiro atoms. The number of hydrogen-bond donors (Lipinski definition) is 2. The van der Waals surface area contributed by atoms with E-state index in [1.165, 1.54) is 30.3 Å². The third-order valence-corrected chi connectivity index (χ3v) is 4.86. The van der Waals surface area contributed by atoms with Gasteiger partial charge in [0.1, 0.15) is 5.75 Å². The molecule has 0 aliphatic carbocycles. The fourth-order valence-corrected chi connectivity index (χ4v) is 2.97. The molecule has 158 valence electrons. The fourth-order valence-electron chi connectivity index (χ4n) is 2.46. The molecule has 0 saturated carbocycles. The number of primary sulfonamides is 1. The molecule has 2 rings (SSSR count). The fraction of sp³-hybridized carbons (Fsp3) is 0.316. The van der Waals surface area contributed by atoms with Crippen molar-refractivity contribution in [3.8, 4) is 5.75 Å². The zero-order valence-electron chi connectivity index (χ0n) is 15.6. The normalized spacial score (nSPS) is 11.9. The maximum atomic E-state index is 13.0. The maximum Gasteiger partial charge on any atom is 0.416 e. The van der Waals surface area contributed by atoms with E-state index >= 15 is 0 Å². The first-order chi connectivity index (χ1) is 13.5. The number of halogens is 3. The van der Waals surface area contributed by atoms with Gasteiger partial charge < -0.3 is 10.1 Å². The molecule has 0 bridgehead atoms. The second-order valence-corrected chi connectivity index (χ2v) is 7.86. The van der Waals surface area contributed by atoms with Gasteiger partial charge in [-0.25, -0.2) is 13.6 Å². The van der Waals surface area contributed by atoms with Gasteiger partial charge in [-0.05, 0) is 48.7 Å². The van der Waals surface area contributed by atoms with Crippen molar-refractivity contribution in [2.45, 2.75) is 37.3 Å². The lowest BCUT2D eigenvalue weighted by atomic mass is 10.1. The summed E-state index contributed by atoms with van der Waals surface area (Å²) in [6.07, 6.45) is -3.64. The number of nitrogens with two attached hydrogens (primary N) is 1. The molecule has 0 aliphatic heterocycles. The first-order valence-electron chi connectivity index (χ1n) is 8.76. The molecule has 1 amide bonds. The van der Waals surface area contributed by atoms with E-state index in [2.05, 4.69) is 5.32 Å². The van der Waals surface area contributed by atoms with Gasteiger partial charge in [0.2, 0.25) is 15.9 Å².